The van der Waals surface area contributed by atoms with Crippen LogP contribution in [0.25, 0.3) is 0 Å². The Morgan fingerprint density at radius 2 is 1.79 bits per heavy atom. The summed E-state index contributed by atoms with van der Waals surface area (Å²) >= 11 is 0. The Morgan fingerprint density at radius 1 is 1.15 bits per heavy atom. The minimum atomic E-state index is -0.514. The number of hydrogen-bond donors (Lipinski definition) is 4. The zero-order valence-electron chi connectivity index (χ0n) is 19.5. The third kappa shape index (κ3) is 3.85. The lowest BCUT2D eigenvalue weighted by atomic mass is 9.53. The van der Waals surface area contributed by atoms with E-state index in [1.807, 2.05) is 0 Å². The average Bonchev–Trinajstić information content (AvgIpc) is 3.03. The van der Waals surface area contributed by atoms with E-state index in [9.17, 15) is 19.8 Å². The van der Waals surface area contributed by atoms with Gasteiger partial charge in [-0.15, -0.1) is 0 Å². The highest BCUT2D eigenvalue weighted by Crippen LogP contribution is 2.59. The zero-order chi connectivity index (χ0) is 24.0. The molecule has 0 radical (unpaired) electrons. The number of ether oxygens (including phenoxy) is 1. The topological polar surface area (TPSA) is 126 Å². The third-order valence-corrected chi connectivity index (χ3v) is 8.26. The van der Waals surface area contributed by atoms with E-state index in [1.165, 1.54) is 37.0 Å². The molecule has 34 heavy (non-hydrogen) atoms. The summed E-state index contributed by atoms with van der Waals surface area (Å²) in [6.07, 6.45) is 7.10. The lowest BCUT2D eigenvalue weighted by Gasteiger charge is -2.56. The van der Waals surface area contributed by atoms with E-state index >= 15 is 0 Å². The van der Waals surface area contributed by atoms with Crippen LogP contribution in [0.3, 0.4) is 0 Å². The van der Waals surface area contributed by atoms with Crippen LogP contribution in [-0.2, 0) is 23.3 Å². The molecule has 4 aliphatic rings. The standard InChI is InChI=1S/C25H33N3O6/c1-34-19-5-6-21(29)18(10-19)14-27-20(3-2-4-22(30)26-33)23(31)28(24(27)32)25-11-15-7-16(12-25)9-17(8-15)13-25/h5-6,10,15-17,29,31,33H,2-4,7-9,11-14H2,1H3,(H,26,30). The number of phenolic OH excluding ortho intramolecular Hbond substituents is 1. The first-order valence-corrected chi connectivity index (χ1v) is 12.2. The van der Waals surface area contributed by atoms with E-state index in [1.54, 1.807) is 22.2 Å². The number of amides is 1. The fourth-order valence-corrected chi connectivity index (χ4v) is 7.21. The van der Waals surface area contributed by atoms with Gasteiger partial charge in [0.2, 0.25) is 11.8 Å². The molecule has 0 saturated heterocycles. The van der Waals surface area contributed by atoms with Crippen molar-refractivity contribution in [1.82, 2.24) is 14.6 Å². The molecule has 0 unspecified atom stereocenters. The summed E-state index contributed by atoms with van der Waals surface area (Å²) in [6, 6.07) is 4.86. The van der Waals surface area contributed by atoms with Gasteiger partial charge >= 0.3 is 5.69 Å². The molecule has 4 saturated carbocycles. The number of hydrogen-bond acceptors (Lipinski definition) is 6. The number of methoxy groups -OCH3 is 1. The predicted molar refractivity (Wildman–Crippen MR) is 123 cm³/mol. The molecule has 1 aromatic carbocycles. The van der Waals surface area contributed by atoms with Crippen molar-refractivity contribution in [3.05, 3.63) is 39.9 Å². The maximum Gasteiger partial charge on any atom is 0.332 e. The fourth-order valence-electron chi connectivity index (χ4n) is 7.21. The summed E-state index contributed by atoms with van der Waals surface area (Å²) in [7, 11) is 1.54. The van der Waals surface area contributed by atoms with Gasteiger partial charge in [0.1, 0.15) is 11.5 Å². The van der Waals surface area contributed by atoms with Crippen molar-refractivity contribution >= 4 is 5.91 Å². The van der Waals surface area contributed by atoms with Crippen LogP contribution in [0.5, 0.6) is 17.4 Å². The number of aromatic hydroxyl groups is 2. The fraction of sp³-hybridized carbons (Fsp3) is 0.600. The van der Waals surface area contributed by atoms with E-state index in [-0.39, 0.29) is 35.8 Å². The molecule has 4 bridgehead atoms. The molecule has 6 rings (SSSR count). The minimum absolute atomic E-state index is 0.0289. The Labute approximate surface area is 197 Å². The van der Waals surface area contributed by atoms with Gasteiger partial charge in [-0.05, 0) is 87.3 Å². The molecule has 1 amide bonds. The molecule has 0 aliphatic heterocycles. The molecule has 4 N–H and O–H groups in total. The van der Waals surface area contributed by atoms with E-state index < -0.39 is 5.91 Å². The SMILES string of the molecule is COc1ccc(O)c(Cn2c(CCCC(=O)NO)c(O)n(C34CC5CC(CC(C5)C3)C4)c2=O)c1. The second kappa shape index (κ2) is 8.69. The maximum atomic E-state index is 13.9. The lowest BCUT2D eigenvalue weighted by molar-refractivity contribution is -0.129. The number of nitrogens with zero attached hydrogens (tertiary/aromatic N) is 2. The van der Waals surface area contributed by atoms with Gasteiger partial charge in [0, 0.05) is 12.0 Å². The van der Waals surface area contributed by atoms with Crippen LogP contribution in [0.2, 0.25) is 0 Å². The zero-order valence-corrected chi connectivity index (χ0v) is 19.5. The number of benzene rings is 1. The van der Waals surface area contributed by atoms with Crippen LogP contribution < -0.4 is 15.9 Å². The molecule has 1 heterocycles. The van der Waals surface area contributed by atoms with Crippen LogP contribution in [0.1, 0.15) is 62.6 Å². The highest BCUT2D eigenvalue weighted by atomic mass is 16.5. The highest BCUT2D eigenvalue weighted by Gasteiger charge is 2.53. The summed E-state index contributed by atoms with van der Waals surface area (Å²) in [6.45, 7) is 0.0797. The minimum Gasteiger partial charge on any atom is -0.508 e. The number of phenols is 1. The van der Waals surface area contributed by atoms with E-state index in [4.69, 9.17) is 9.94 Å². The van der Waals surface area contributed by atoms with Gasteiger partial charge < -0.3 is 14.9 Å². The van der Waals surface area contributed by atoms with Crippen LogP contribution in [0.15, 0.2) is 23.0 Å². The number of carbonyl (C=O) groups is 1. The van der Waals surface area contributed by atoms with Crippen LogP contribution in [0, 0.1) is 17.8 Å². The van der Waals surface area contributed by atoms with E-state index in [0.29, 0.717) is 47.6 Å². The van der Waals surface area contributed by atoms with Crippen LogP contribution in [0.4, 0.5) is 0 Å². The summed E-state index contributed by atoms with van der Waals surface area (Å²) < 4.78 is 8.45. The largest absolute Gasteiger partial charge is 0.508 e. The molecule has 0 spiro atoms. The summed E-state index contributed by atoms with van der Waals surface area (Å²) in [5.74, 6) is 1.85. The monoisotopic (exact) mass is 471 g/mol. The molecule has 184 valence electrons. The van der Waals surface area contributed by atoms with Crippen molar-refractivity contribution < 1.29 is 25.0 Å². The molecule has 0 atom stereocenters. The smallest absolute Gasteiger partial charge is 0.332 e. The number of hydroxylamine groups is 1. The average molecular weight is 472 g/mol. The molecular weight excluding hydrogens is 438 g/mol. The van der Waals surface area contributed by atoms with Gasteiger partial charge in [-0.1, -0.05) is 0 Å². The Morgan fingerprint density at radius 3 is 2.38 bits per heavy atom. The Kier molecular flexibility index (Phi) is 5.83. The number of imidazole rings is 1. The van der Waals surface area contributed by atoms with Gasteiger partial charge in [-0.3, -0.25) is 19.1 Å². The third-order valence-electron chi connectivity index (χ3n) is 8.26. The van der Waals surface area contributed by atoms with Gasteiger partial charge in [0.05, 0.1) is 24.9 Å². The quantitative estimate of drug-likeness (QED) is 0.347. The molecular formula is C25H33N3O6. The first-order valence-electron chi connectivity index (χ1n) is 12.2. The first kappa shape index (κ1) is 22.8. The second-order valence-electron chi connectivity index (χ2n) is 10.5. The van der Waals surface area contributed by atoms with Gasteiger partial charge in [0.15, 0.2) is 0 Å². The normalized spacial score (nSPS) is 27.2. The molecule has 1 aromatic heterocycles. The Balaban J connectivity index is 1.56. The Bertz CT molecular complexity index is 1110. The van der Waals surface area contributed by atoms with Crippen molar-refractivity contribution in [2.45, 2.75) is 69.9 Å². The molecule has 9 nitrogen and oxygen atoms in total. The van der Waals surface area contributed by atoms with Crippen molar-refractivity contribution in [1.29, 1.82) is 0 Å². The number of carbonyl (C=O) groups excluding carboxylic acids is 1. The van der Waals surface area contributed by atoms with Crippen LogP contribution >= 0.6 is 0 Å². The van der Waals surface area contributed by atoms with E-state index in [2.05, 4.69) is 0 Å². The van der Waals surface area contributed by atoms with Gasteiger partial charge in [-0.25, -0.2) is 10.3 Å². The van der Waals surface area contributed by atoms with E-state index in [0.717, 1.165) is 19.3 Å². The predicted octanol–water partition coefficient (Wildman–Crippen LogP) is 2.87. The van der Waals surface area contributed by atoms with Crippen molar-refractivity contribution in [3.63, 3.8) is 0 Å². The number of rotatable bonds is 8. The molecule has 4 aliphatic carbocycles. The molecule has 9 heteroatoms. The van der Waals surface area contributed by atoms with Gasteiger partial charge in [-0.2, -0.15) is 0 Å². The summed E-state index contributed by atoms with van der Waals surface area (Å²) in [4.78, 5) is 25.4. The Hall–Kier alpha value is -2.94. The molecule has 4 fully saturated rings. The van der Waals surface area contributed by atoms with Crippen molar-refractivity contribution in [3.8, 4) is 17.4 Å². The molecule has 2 aromatic rings. The summed E-state index contributed by atoms with van der Waals surface area (Å²) in [5, 5.41) is 30.7. The van der Waals surface area contributed by atoms with Gasteiger partial charge in [0.25, 0.3) is 0 Å². The highest BCUT2D eigenvalue weighted by molar-refractivity contribution is 5.74. The lowest BCUT2D eigenvalue weighted by Crippen LogP contribution is -2.54. The number of aromatic nitrogens is 2. The first-order chi connectivity index (χ1) is 16.3. The van der Waals surface area contributed by atoms with Crippen molar-refractivity contribution in [2.24, 2.45) is 17.8 Å². The summed E-state index contributed by atoms with van der Waals surface area (Å²) in [5.41, 5.74) is 1.95. The van der Waals surface area contributed by atoms with Crippen LogP contribution in [-0.4, -0.2) is 37.6 Å². The maximum absolute atomic E-state index is 13.9. The second-order valence-corrected chi connectivity index (χ2v) is 10.5. The number of nitrogens with one attached hydrogen (secondary N) is 1. The van der Waals surface area contributed by atoms with Crippen molar-refractivity contribution in [2.75, 3.05) is 7.11 Å².